The zero-order valence-corrected chi connectivity index (χ0v) is 10.3. The smallest absolute Gasteiger partial charge is 0.301 e. The first-order valence-corrected chi connectivity index (χ1v) is 5.58. The van der Waals surface area contributed by atoms with Gasteiger partial charge in [0.1, 0.15) is 18.2 Å². The lowest BCUT2D eigenvalue weighted by Gasteiger charge is -2.08. The van der Waals surface area contributed by atoms with E-state index in [0.717, 1.165) is 5.56 Å². The van der Waals surface area contributed by atoms with Crippen molar-refractivity contribution in [2.24, 2.45) is 5.84 Å². The molecule has 1 aromatic heterocycles. The number of nitrogen functional groups attached to an aromatic ring is 1. The molecule has 6 heteroatoms. The Morgan fingerprint density at radius 2 is 2.26 bits per heavy atom. The van der Waals surface area contributed by atoms with Gasteiger partial charge in [0.25, 0.3) is 0 Å². The van der Waals surface area contributed by atoms with Crippen LogP contribution in [0.1, 0.15) is 21.7 Å². The van der Waals surface area contributed by atoms with E-state index in [1.165, 1.54) is 18.4 Å². The maximum atomic E-state index is 13.1. The largest absolute Gasteiger partial charge is 0.488 e. The van der Waals surface area contributed by atoms with Crippen molar-refractivity contribution in [2.75, 3.05) is 0 Å². The SMILES string of the molecule is Cc1ccc(F)cc1OCc1ccoc1C(=O)NN. The van der Waals surface area contributed by atoms with Crippen molar-refractivity contribution in [1.29, 1.82) is 0 Å². The number of carbonyl (C=O) groups excluding carboxylic acids is 1. The van der Waals surface area contributed by atoms with Crippen LogP contribution in [0.2, 0.25) is 0 Å². The van der Waals surface area contributed by atoms with Crippen LogP contribution in [0.5, 0.6) is 5.75 Å². The van der Waals surface area contributed by atoms with Crippen molar-refractivity contribution in [3.63, 3.8) is 0 Å². The van der Waals surface area contributed by atoms with E-state index in [9.17, 15) is 9.18 Å². The molecule has 0 spiro atoms. The number of nitrogens with one attached hydrogen (secondary N) is 1. The summed E-state index contributed by atoms with van der Waals surface area (Å²) in [6.07, 6.45) is 1.36. The molecule has 0 atom stereocenters. The van der Waals surface area contributed by atoms with Crippen molar-refractivity contribution in [2.45, 2.75) is 13.5 Å². The highest BCUT2D eigenvalue weighted by atomic mass is 19.1. The minimum atomic E-state index is -0.542. The van der Waals surface area contributed by atoms with Gasteiger partial charge in [0.2, 0.25) is 0 Å². The fourth-order valence-electron chi connectivity index (χ4n) is 1.60. The van der Waals surface area contributed by atoms with Crippen LogP contribution in [0.4, 0.5) is 4.39 Å². The van der Waals surface area contributed by atoms with Gasteiger partial charge in [0.15, 0.2) is 5.76 Å². The van der Waals surface area contributed by atoms with Gasteiger partial charge in [-0.2, -0.15) is 0 Å². The summed E-state index contributed by atoms with van der Waals surface area (Å²) in [6, 6.07) is 5.86. The van der Waals surface area contributed by atoms with Gasteiger partial charge in [-0.1, -0.05) is 6.07 Å². The van der Waals surface area contributed by atoms with Crippen LogP contribution in [-0.2, 0) is 6.61 Å². The molecular formula is C13H13FN2O3. The first-order chi connectivity index (χ1) is 9.11. The molecule has 100 valence electrons. The second kappa shape index (κ2) is 5.53. The average Bonchev–Trinajstić information content (AvgIpc) is 2.87. The molecule has 5 nitrogen and oxygen atoms in total. The molecule has 0 aliphatic heterocycles. The third-order valence-corrected chi connectivity index (χ3v) is 2.62. The van der Waals surface area contributed by atoms with Crippen LogP contribution in [0, 0.1) is 12.7 Å². The van der Waals surface area contributed by atoms with Gasteiger partial charge < -0.3 is 9.15 Å². The number of ether oxygens (including phenoxy) is 1. The first kappa shape index (κ1) is 13.1. The van der Waals surface area contributed by atoms with Crippen molar-refractivity contribution in [3.8, 4) is 5.75 Å². The number of amides is 1. The minimum absolute atomic E-state index is 0.0801. The number of rotatable bonds is 4. The highest BCUT2D eigenvalue weighted by molar-refractivity contribution is 5.92. The van der Waals surface area contributed by atoms with Crippen molar-refractivity contribution < 1.29 is 18.3 Å². The normalized spacial score (nSPS) is 10.3. The molecule has 19 heavy (non-hydrogen) atoms. The highest BCUT2D eigenvalue weighted by Crippen LogP contribution is 2.21. The topological polar surface area (TPSA) is 77.5 Å². The van der Waals surface area contributed by atoms with E-state index < -0.39 is 5.91 Å². The lowest BCUT2D eigenvalue weighted by Crippen LogP contribution is -2.30. The Labute approximate surface area is 109 Å². The Morgan fingerprint density at radius 1 is 1.47 bits per heavy atom. The Morgan fingerprint density at radius 3 is 3.00 bits per heavy atom. The summed E-state index contributed by atoms with van der Waals surface area (Å²) >= 11 is 0. The van der Waals surface area contributed by atoms with Gasteiger partial charge >= 0.3 is 5.91 Å². The molecular weight excluding hydrogens is 251 g/mol. The Bertz CT molecular complexity index is 595. The van der Waals surface area contributed by atoms with E-state index in [-0.39, 0.29) is 18.2 Å². The molecule has 0 bridgehead atoms. The average molecular weight is 264 g/mol. The van der Waals surface area contributed by atoms with E-state index in [1.54, 1.807) is 19.1 Å². The molecule has 0 unspecified atom stereocenters. The molecule has 2 rings (SSSR count). The quantitative estimate of drug-likeness (QED) is 0.502. The molecule has 0 saturated heterocycles. The molecule has 1 heterocycles. The van der Waals surface area contributed by atoms with Crippen LogP contribution >= 0.6 is 0 Å². The number of aryl methyl sites for hydroxylation is 1. The number of nitrogens with two attached hydrogens (primary N) is 1. The molecule has 2 aromatic rings. The number of benzene rings is 1. The Balaban J connectivity index is 2.13. The van der Waals surface area contributed by atoms with E-state index >= 15 is 0 Å². The van der Waals surface area contributed by atoms with Crippen LogP contribution in [0.3, 0.4) is 0 Å². The van der Waals surface area contributed by atoms with Crippen LogP contribution < -0.4 is 16.0 Å². The standard InChI is InChI=1S/C13H13FN2O3/c1-8-2-3-10(14)6-11(8)19-7-9-4-5-18-12(9)13(17)16-15/h2-6H,7,15H2,1H3,(H,16,17). The Kier molecular flexibility index (Phi) is 3.82. The van der Waals surface area contributed by atoms with Crippen LogP contribution in [0.15, 0.2) is 34.9 Å². The van der Waals surface area contributed by atoms with Crippen LogP contribution in [-0.4, -0.2) is 5.91 Å². The number of hydrogen-bond donors (Lipinski definition) is 2. The van der Waals surface area contributed by atoms with Crippen molar-refractivity contribution >= 4 is 5.91 Å². The lowest BCUT2D eigenvalue weighted by molar-refractivity contribution is 0.0922. The third kappa shape index (κ3) is 2.92. The molecule has 0 aliphatic rings. The fraction of sp³-hybridized carbons (Fsp3) is 0.154. The van der Waals surface area contributed by atoms with Gasteiger partial charge in [0, 0.05) is 11.6 Å². The number of furan rings is 1. The molecule has 1 aromatic carbocycles. The van der Waals surface area contributed by atoms with Gasteiger partial charge in [-0.25, -0.2) is 10.2 Å². The second-order valence-corrected chi connectivity index (χ2v) is 3.95. The summed E-state index contributed by atoms with van der Waals surface area (Å²) in [6.45, 7) is 1.89. The predicted octanol–water partition coefficient (Wildman–Crippen LogP) is 1.91. The highest BCUT2D eigenvalue weighted by Gasteiger charge is 2.15. The maximum absolute atomic E-state index is 13.1. The molecule has 0 radical (unpaired) electrons. The van der Waals surface area contributed by atoms with Crippen LogP contribution in [0.25, 0.3) is 0 Å². The summed E-state index contributed by atoms with van der Waals surface area (Å²) in [5.41, 5.74) is 3.31. The molecule has 0 fully saturated rings. The zero-order chi connectivity index (χ0) is 13.8. The number of hydrogen-bond acceptors (Lipinski definition) is 4. The summed E-state index contributed by atoms with van der Waals surface area (Å²) in [4.78, 5) is 11.4. The van der Waals surface area contributed by atoms with E-state index in [0.29, 0.717) is 11.3 Å². The second-order valence-electron chi connectivity index (χ2n) is 3.95. The predicted molar refractivity (Wildman–Crippen MR) is 65.8 cm³/mol. The van der Waals surface area contributed by atoms with E-state index in [2.05, 4.69) is 0 Å². The van der Waals surface area contributed by atoms with Gasteiger partial charge in [-0.05, 0) is 24.6 Å². The first-order valence-electron chi connectivity index (χ1n) is 5.58. The summed E-state index contributed by atoms with van der Waals surface area (Å²) < 4.78 is 23.6. The van der Waals surface area contributed by atoms with Gasteiger partial charge in [-0.15, -0.1) is 0 Å². The van der Waals surface area contributed by atoms with Gasteiger partial charge in [0.05, 0.1) is 6.26 Å². The van der Waals surface area contributed by atoms with Gasteiger partial charge in [-0.3, -0.25) is 10.2 Å². The number of halogens is 1. The summed E-state index contributed by atoms with van der Waals surface area (Å²) in [5, 5.41) is 0. The number of hydrazine groups is 1. The van der Waals surface area contributed by atoms with Crippen molar-refractivity contribution in [3.05, 3.63) is 53.2 Å². The fourth-order valence-corrected chi connectivity index (χ4v) is 1.60. The van der Waals surface area contributed by atoms with E-state index in [4.69, 9.17) is 15.0 Å². The zero-order valence-electron chi connectivity index (χ0n) is 10.3. The third-order valence-electron chi connectivity index (χ3n) is 2.62. The number of carbonyl (C=O) groups is 1. The Hall–Kier alpha value is -2.34. The monoisotopic (exact) mass is 264 g/mol. The molecule has 0 aliphatic carbocycles. The molecule has 3 N–H and O–H groups in total. The van der Waals surface area contributed by atoms with Crippen molar-refractivity contribution in [1.82, 2.24) is 5.43 Å². The summed E-state index contributed by atoms with van der Waals surface area (Å²) in [5.74, 6) is 4.61. The minimum Gasteiger partial charge on any atom is -0.488 e. The molecule has 1 amide bonds. The maximum Gasteiger partial charge on any atom is 0.301 e. The lowest BCUT2D eigenvalue weighted by atomic mass is 10.2. The molecule has 0 saturated carbocycles. The van der Waals surface area contributed by atoms with E-state index in [1.807, 2.05) is 5.43 Å². The summed E-state index contributed by atoms with van der Waals surface area (Å²) in [7, 11) is 0.